The highest BCUT2D eigenvalue weighted by Gasteiger charge is 2.31. The first kappa shape index (κ1) is 17.5. The Morgan fingerprint density at radius 2 is 2.36 bits per heavy atom. The molecule has 2 unspecified atom stereocenters. The first-order valence-corrected chi connectivity index (χ1v) is 8.76. The van der Waals surface area contributed by atoms with Crippen molar-refractivity contribution in [2.45, 2.75) is 57.7 Å². The minimum atomic E-state index is -0.698. The van der Waals surface area contributed by atoms with E-state index in [1.54, 1.807) is 23.3 Å². The maximum Gasteiger partial charge on any atom is 0.318 e. The van der Waals surface area contributed by atoms with Crippen molar-refractivity contribution in [2.75, 3.05) is 6.54 Å². The lowest BCUT2D eigenvalue weighted by atomic mass is 10.1. The molecule has 1 saturated heterocycles. The molecule has 25 heavy (non-hydrogen) atoms. The maximum atomic E-state index is 12.5. The van der Waals surface area contributed by atoms with Crippen LogP contribution in [0.1, 0.15) is 62.3 Å². The van der Waals surface area contributed by atoms with Gasteiger partial charge in [0.05, 0.1) is 18.5 Å². The summed E-state index contributed by atoms with van der Waals surface area (Å²) in [4.78, 5) is 14.3. The summed E-state index contributed by atoms with van der Waals surface area (Å²) in [5.74, 6) is 1.47. The molecule has 0 saturated carbocycles. The molecule has 3 rings (SSSR count). The zero-order valence-corrected chi connectivity index (χ0v) is 14.6. The van der Waals surface area contributed by atoms with E-state index in [-0.39, 0.29) is 12.1 Å². The number of aliphatic hydroxyl groups excluding tert-OH is 1. The lowest BCUT2D eigenvalue weighted by Gasteiger charge is -2.26. The quantitative estimate of drug-likeness (QED) is 0.837. The topological polar surface area (TPSA) is 91.7 Å². The standard InChI is InChI=1S/C18H25N3O4/c1-12(2)15-10-14(25-20-15)11-19-18(23)21-7-3-5-13(21)9-16(22)17-6-4-8-24-17/h4,6,8,10,12-13,16,22H,3,5,7,9,11H2,1-2H3,(H,19,23). The van der Waals surface area contributed by atoms with Crippen LogP contribution in [0, 0.1) is 0 Å². The van der Waals surface area contributed by atoms with E-state index in [1.807, 2.05) is 19.9 Å². The van der Waals surface area contributed by atoms with Gasteiger partial charge in [-0.25, -0.2) is 4.79 Å². The van der Waals surface area contributed by atoms with E-state index in [9.17, 15) is 9.90 Å². The molecule has 2 aromatic rings. The number of nitrogens with one attached hydrogen (secondary N) is 1. The van der Waals surface area contributed by atoms with Crippen molar-refractivity contribution in [3.8, 4) is 0 Å². The van der Waals surface area contributed by atoms with E-state index >= 15 is 0 Å². The SMILES string of the molecule is CC(C)c1cc(CNC(=O)N2CCCC2CC(O)c2ccco2)on1. The molecule has 3 heterocycles. The number of carbonyl (C=O) groups excluding carboxylic acids is 1. The van der Waals surface area contributed by atoms with Gasteiger partial charge < -0.3 is 24.3 Å². The van der Waals surface area contributed by atoms with Crippen molar-refractivity contribution in [3.63, 3.8) is 0 Å². The molecule has 1 fully saturated rings. The Balaban J connectivity index is 1.53. The summed E-state index contributed by atoms with van der Waals surface area (Å²) in [5, 5.41) is 17.1. The normalized spacial score (nSPS) is 18.7. The number of urea groups is 1. The summed E-state index contributed by atoms with van der Waals surface area (Å²) >= 11 is 0. The van der Waals surface area contributed by atoms with Crippen LogP contribution < -0.4 is 5.32 Å². The van der Waals surface area contributed by atoms with Gasteiger partial charge in [0.2, 0.25) is 0 Å². The smallest absolute Gasteiger partial charge is 0.318 e. The van der Waals surface area contributed by atoms with Crippen LogP contribution >= 0.6 is 0 Å². The Morgan fingerprint density at radius 1 is 1.52 bits per heavy atom. The number of carbonyl (C=O) groups is 1. The fraction of sp³-hybridized carbons (Fsp3) is 0.556. The summed E-state index contributed by atoms with van der Waals surface area (Å²) in [6.45, 7) is 5.08. The first-order valence-electron chi connectivity index (χ1n) is 8.76. The third-order valence-electron chi connectivity index (χ3n) is 4.59. The average Bonchev–Trinajstić information content (AvgIpc) is 3.32. The van der Waals surface area contributed by atoms with Crippen molar-refractivity contribution >= 4 is 6.03 Å². The van der Waals surface area contributed by atoms with Gasteiger partial charge >= 0.3 is 6.03 Å². The number of hydrogen-bond donors (Lipinski definition) is 2. The summed E-state index contributed by atoms with van der Waals surface area (Å²) in [6, 6.07) is 5.23. The van der Waals surface area contributed by atoms with Gasteiger partial charge in [-0.1, -0.05) is 19.0 Å². The van der Waals surface area contributed by atoms with Crippen molar-refractivity contribution in [1.29, 1.82) is 0 Å². The molecule has 1 aliphatic rings. The van der Waals surface area contributed by atoms with Crippen LogP contribution in [-0.2, 0) is 6.54 Å². The summed E-state index contributed by atoms with van der Waals surface area (Å²) in [6.07, 6.45) is 3.13. The lowest BCUT2D eigenvalue weighted by Crippen LogP contribution is -2.43. The zero-order valence-electron chi connectivity index (χ0n) is 14.6. The number of hydrogen-bond acceptors (Lipinski definition) is 5. The zero-order chi connectivity index (χ0) is 17.8. The number of furan rings is 1. The van der Waals surface area contributed by atoms with Crippen LogP contribution in [0.25, 0.3) is 0 Å². The van der Waals surface area contributed by atoms with Crippen molar-refractivity contribution in [3.05, 3.63) is 41.7 Å². The average molecular weight is 347 g/mol. The lowest BCUT2D eigenvalue weighted by molar-refractivity contribution is 0.107. The van der Waals surface area contributed by atoms with Crippen LogP contribution in [0.4, 0.5) is 4.79 Å². The summed E-state index contributed by atoms with van der Waals surface area (Å²) in [7, 11) is 0. The maximum absolute atomic E-state index is 12.5. The van der Waals surface area contributed by atoms with Crippen LogP contribution in [0.3, 0.4) is 0 Å². The molecule has 2 N–H and O–H groups in total. The second-order valence-electron chi connectivity index (χ2n) is 6.79. The molecule has 0 bridgehead atoms. The predicted octanol–water partition coefficient (Wildman–Crippen LogP) is 3.19. The Bertz CT molecular complexity index is 680. The fourth-order valence-electron chi connectivity index (χ4n) is 3.15. The van der Waals surface area contributed by atoms with Crippen LogP contribution in [0.5, 0.6) is 0 Å². The molecule has 0 radical (unpaired) electrons. The van der Waals surface area contributed by atoms with E-state index in [4.69, 9.17) is 8.94 Å². The first-order chi connectivity index (χ1) is 12.0. The molecule has 2 aromatic heterocycles. The molecule has 2 amide bonds. The second kappa shape index (κ2) is 7.74. The summed E-state index contributed by atoms with van der Waals surface area (Å²) in [5.41, 5.74) is 0.880. The van der Waals surface area contributed by atoms with E-state index in [2.05, 4.69) is 10.5 Å². The van der Waals surface area contributed by atoms with Gasteiger partial charge in [0.15, 0.2) is 5.76 Å². The molecular weight excluding hydrogens is 322 g/mol. The number of aliphatic hydroxyl groups is 1. The monoisotopic (exact) mass is 347 g/mol. The molecule has 0 aromatic carbocycles. The summed E-state index contributed by atoms with van der Waals surface area (Å²) < 4.78 is 10.5. The minimum absolute atomic E-state index is 0.000973. The number of aromatic nitrogens is 1. The third kappa shape index (κ3) is 4.22. The Labute approximate surface area is 147 Å². The number of likely N-dealkylation sites (tertiary alicyclic amines) is 1. The number of amides is 2. The molecule has 136 valence electrons. The third-order valence-corrected chi connectivity index (χ3v) is 4.59. The molecule has 1 aliphatic heterocycles. The predicted molar refractivity (Wildman–Crippen MR) is 90.8 cm³/mol. The Kier molecular flexibility index (Phi) is 5.43. The highest BCUT2D eigenvalue weighted by molar-refractivity contribution is 5.74. The van der Waals surface area contributed by atoms with Gasteiger partial charge in [0.1, 0.15) is 11.9 Å². The van der Waals surface area contributed by atoms with E-state index in [0.717, 1.165) is 18.5 Å². The molecule has 0 aliphatic carbocycles. The van der Waals surface area contributed by atoms with Crippen molar-refractivity contribution in [1.82, 2.24) is 15.4 Å². The van der Waals surface area contributed by atoms with Crippen molar-refractivity contribution < 1.29 is 18.8 Å². The van der Waals surface area contributed by atoms with Gasteiger partial charge in [-0.3, -0.25) is 0 Å². The van der Waals surface area contributed by atoms with Gasteiger partial charge in [0, 0.05) is 25.1 Å². The fourth-order valence-corrected chi connectivity index (χ4v) is 3.15. The number of rotatable bonds is 6. The molecular formula is C18H25N3O4. The van der Waals surface area contributed by atoms with Gasteiger partial charge in [0.25, 0.3) is 0 Å². The van der Waals surface area contributed by atoms with Gasteiger partial charge in [-0.15, -0.1) is 0 Å². The van der Waals surface area contributed by atoms with Crippen LogP contribution in [0.15, 0.2) is 33.4 Å². The van der Waals surface area contributed by atoms with Gasteiger partial charge in [-0.05, 0) is 30.9 Å². The molecule has 0 spiro atoms. The van der Waals surface area contributed by atoms with Crippen molar-refractivity contribution in [2.24, 2.45) is 0 Å². The van der Waals surface area contributed by atoms with E-state index in [1.165, 1.54) is 0 Å². The van der Waals surface area contributed by atoms with Crippen LogP contribution in [0.2, 0.25) is 0 Å². The van der Waals surface area contributed by atoms with Crippen LogP contribution in [-0.4, -0.2) is 33.8 Å². The Morgan fingerprint density at radius 3 is 3.04 bits per heavy atom. The largest absolute Gasteiger partial charge is 0.467 e. The molecule has 7 heteroatoms. The molecule has 7 nitrogen and oxygen atoms in total. The van der Waals surface area contributed by atoms with Gasteiger partial charge in [-0.2, -0.15) is 0 Å². The minimum Gasteiger partial charge on any atom is -0.467 e. The highest BCUT2D eigenvalue weighted by Crippen LogP contribution is 2.27. The molecule has 2 atom stereocenters. The van der Waals surface area contributed by atoms with E-state index in [0.29, 0.717) is 36.9 Å². The Hall–Kier alpha value is -2.28. The number of nitrogens with zero attached hydrogens (tertiary/aromatic N) is 2. The highest BCUT2D eigenvalue weighted by atomic mass is 16.5. The second-order valence-corrected chi connectivity index (χ2v) is 6.79. The van der Waals surface area contributed by atoms with E-state index < -0.39 is 6.10 Å².